The normalized spacial score (nSPS) is 10.2. The van der Waals surface area contributed by atoms with Crippen molar-refractivity contribution < 1.29 is 9.47 Å². The van der Waals surface area contributed by atoms with Gasteiger partial charge in [-0.25, -0.2) is 0 Å². The first-order chi connectivity index (χ1) is 10.0. The maximum atomic E-state index is 5.76. The van der Waals surface area contributed by atoms with Crippen molar-refractivity contribution in [3.63, 3.8) is 0 Å². The number of nitrogens with zero attached hydrogens (tertiary/aromatic N) is 2. The van der Waals surface area contributed by atoms with Crippen LogP contribution in [0.1, 0.15) is 22.4 Å². The molecule has 2 aromatic rings. The molecule has 0 spiro atoms. The van der Waals surface area contributed by atoms with E-state index in [1.54, 1.807) is 7.11 Å². The molecule has 0 aliphatic heterocycles. The van der Waals surface area contributed by atoms with Crippen LogP contribution in [-0.2, 0) is 6.61 Å². The van der Waals surface area contributed by atoms with Crippen LogP contribution in [0.4, 0.5) is 0 Å². The summed E-state index contributed by atoms with van der Waals surface area (Å²) < 4.78 is 10.8. The van der Waals surface area contributed by atoms with E-state index in [9.17, 15) is 0 Å². The summed E-state index contributed by atoms with van der Waals surface area (Å²) in [5.41, 5.74) is 9.07. The molecule has 5 nitrogen and oxygen atoms in total. The number of ether oxygens (including phenoxy) is 2. The minimum Gasteiger partial charge on any atom is -0.497 e. The summed E-state index contributed by atoms with van der Waals surface area (Å²) >= 11 is 5.07. The lowest BCUT2D eigenvalue weighted by molar-refractivity contribution is 0.289. The minimum atomic E-state index is 0.259. The zero-order valence-electron chi connectivity index (χ0n) is 12.2. The van der Waals surface area contributed by atoms with Crippen molar-refractivity contribution >= 4 is 17.2 Å². The highest BCUT2D eigenvalue weighted by Crippen LogP contribution is 2.21. The third-order valence-corrected chi connectivity index (χ3v) is 3.41. The number of methoxy groups -OCH3 is 1. The molecule has 0 aliphatic carbocycles. The van der Waals surface area contributed by atoms with Gasteiger partial charge in [-0.2, -0.15) is 5.10 Å². The number of thiocarbonyl (C=S) groups is 1. The Balaban J connectivity index is 2.19. The summed E-state index contributed by atoms with van der Waals surface area (Å²) in [6.07, 6.45) is 0. The quantitative estimate of drug-likeness (QED) is 0.855. The van der Waals surface area contributed by atoms with Gasteiger partial charge in [0.15, 0.2) is 0 Å². The van der Waals surface area contributed by atoms with Crippen molar-refractivity contribution in [1.82, 2.24) is 10.2 Å². The van der Waals surface area contributed by atoms with E-state index in [0.29, 0.717) is 18.1 Å². The van der Waals surface area contributed by atoms with Crippen LogP contribution < -0.4 is 15.2 Å². The number of nitrogens with two attached hydrogens (primary N) is 1. The van der Waals surface area contributed by atoms with Gasteiger partial charge in [0.1, 0.15) is 17.3 Å². The molecule has 0 amide bonds. The zero-order valence-corrected chi connectivity index (χ0v) is 13.0. The molecule has 0 aliphatic rings. The molecule has 6 heteroatoms. The van der Waals surface area contributed by atoms with Crippen LogP contribution in [-0.4, -0.2) is 22.3 Å². The Morgan fingerprint density at radius 1 is 1.19 bits per heavy atom. The number of aryl methyl sites for hydroxylation is 1. The van der Waals surface area contributed by atoms with Gasteiger partial charge in [-0.1, -0.05) is 24.4 Å². The number of hydrogen-bond donors (Lipinski definition) is 1. The Kier molecular flexibility index (Phi) is 4.70. The van der Waals surface area contributed by atoms with Crippen molar-refractivity contribution in [2.24, 2.45) is 5.73 Å². The Morgan fingerprint density at radius 3 is 2.43 bits per heavy atom. The fraction of sp³-hybridized carbons (Fsp3) is 0.267. The van der Waals surface area contributed by atoms with Gasteiger partial charge in [-0.05, 0) is 37.1 Å². The summed E-state index contributed by atoms with van der Waals surface area (Å²) in [6, 6.07) is 7.60. The van der Waals surface area contributed by atoms with Crippen LogP contribution in [0.3, 0.4) is 0 Å². The summed E-state index contributed by atoms with van der Waals surface area (Å²) in [4.78, 5) is 0.259. The van der Waals surface area contributed by atoms with Gasteiger partial charge in [0.05, 0.1) is 18.4 Å². The highest BCUT2D eigenvalue weighted by molar-refractivity contribution is 7.80. The van der Waals surface area contributed by atoms with Crippen LogP contribution in [0.2, 0.25) is 0 Å². The molecule has 2 rings (SSSR count). The van der Waals surface area contributed by atoms with Crippen molar-refractivity contribution in [3.05, 3.63) is 46.6 Å². The largest absolute Gasteiger partial charge is 0.497 e. The lowest BCUT2D eigenvalue weighted by Crippen LogP contribution is -2.16. The molecule has 1 aromatic heterocycles. The summed E-state index contributed by atoms with van der Waals surface area (Å²) in [5, 5.41) is 8.10. The van der Waals surface area contributed by atoms with Gasteiger partial charge in [0.2, 0.25) is 5.88 Å². The van der Waals surface area contributed by atoms with Gasteiger partial charge in [-0.15, -0.1) is 5.10 Å². The van der Waals surface area contributed by atoms with E-state index >= 15 is 0 Å². The standard InChI is InChI=1S/C15H17N3O2S/c1-9-10(2)17-18-15(13(9)14(16)21)20-8-11-4-6-12(19-3)7-5-11/h4-7H,8H2,1-3H3,(H2,16,21). The molecule has 21 heavy (non-hydrogen) atoms. The molecule has 1 aromatic carbocycles. The Labute approximate surface area is 129 Å². The van der Waals surface area contributed by atoms with E-state index < -0.39 is 0 Å². The van der Waals surface area contributed by atoms with E-state index in [1.807, 2.05) is 38.1 Å². The number of hydrogen-bond acceptors (Lipinski definition) is 5. The van der Waals surface area contributed by atoms with E-state index in [0.717, 1.165) is 22.6 Å². The summed E-state index contributed by atoms with van der Waals surface area (Å²) in [6.45, 7) is 4.12. The predicted molar refractivity (Wildman–Crippen MR) is 84.7 cm³/mol. The Bertz CT molecular complexity index is 657. The van der Waals surface area contributed by atoms with Crippen molar-refractivity contribution in [2.45, 2.75) is 20.5 Å². The van der Waals surface area contributed by atoms with Crippen molar-refractivity contribution in [1.29, 1.82) is 0 Å². The average Bonchev–Trinajstić information content (AvgIpc) is 2.48. The first-order valence-corrected chi connectivity index (χ1v) is 6.83. The molecular weight excluding hydrogens is 286 g/mol. The number of rotatable bonds is 5. The minimum absolute atomic E-state index is 0.259. The molecule has 0 bridgehead atoms. The molecule has 1 heterocycles. The van der Waals surface area contributed by atoms with Gasteiger partial charge >= 0.3 is 0 Å². The first-order valence-electron chi connectivity index (χ1n) is 6.42. The van der Waals surface area contributed by atoms with E-state index in [2.05, 4.69) is 10.2 Å². The molecular formula is C15H17N3O2S. The molecule has 0 saturated heterocycles. The van der Waals surface area contributed by atoms with Crippen LogP contribution in [0, 0.1) is 13.8 Å². The Morgan fingerprint density at radius 2 is 1.86 bits per heavy atom. The predicted octanol–water partition coefficient (Wildman–Crippen LogP) is 2.32. The summed E-state index contributed by atoms with van der Waals surface area (Å²) in [7, 11) is 1.63. The second-order valence-corrected chi connectivity index (χ2v) is 5.03. The lowest BCUT2D eigenvalue weighted by atomic mass is 10.1. The van der Waals surface area contributed by atoms with Gasteiger partial charge in [0.25, 0.3) is 0 Å². The topological polar surface area (TPSA) is 70.3 Å². The molecule has 110 valence electrons. The fourth-order valence-corrected chi connectivity index (χ4v) is 2.09. The molecule has 0 atom stereocenters. The second kappa shape index (κ2) is 6.49. The maximum absolute atomic E-state index is 5.76. The smallest absolute Gasteiger partial charge is 0.244 e. The second-order valence-electron chi connectivity index (χ2n) is 4.59. The van der Waals surface area contributed by atoms with Gasteiger partial charge < -0.3 is 15.2 Å². The first kappa shape index (κ1) is 15.2. The third kappa shape index (κ3) is 3.46. The SMILES string of the molecule is COc1ccc(COc2nnc(C)c(C)c2C(N)=S)cc1. The van der Waals surface area contributed by atoms with Crippen LogP contribution in [0.5, 0.6) is 11.6 Å². The van der Waals surface area contributed by atoms with Crippen molar-refractivity contribution in [2.75, 3.05) is 7.11 Å². The van der Waals surface area contributed by atoms with Gasteiger partial charge in [0, 0.05) is 0 Å². The van der Waals surface area contributed by atoms with E-state index in [1.165, 1.54) is 0 Å². The molecule has 2 N–H and O–H groups in total. The van der Waals surface area contributed by atoms with E-state index in [4.69, 9.17) is 27.4 Å². The molecule has 0 radical (unpaired) electrons. The van der Waals surface area contributed by atoms with E-state index in [-0.39, 0.29) is 4.99 Å². The summed E-state index contributed by atoms with van der Waals surface area (Å²) in [5.74, 6) is 1.16. The molecule has 0 saturated carbocycles. The van der Waals surface area contributed by atoms with Crippen LogP contribution in [0.25, 0.3) is 0 Å². The lowest BCUT2D eigenvalue weighted by Gasteiger charge is -2.12. The number of benzene rings is 1. The van der Waals surface area contributed by atoms with Crippen LogP contribution in [0.15, 0.2) is 24.3 Å². The monoisotopic (exact) mass is 303 g/mol. The molecule has 0 fully saturated rings. The maximum Gasteiger partial charge on any atom is 0.244 e. The van der Waals surface area contributed by atoms with Crippen LogP contribution >= 0.6 is 12.2 Å². The number of aromatic nitrogens is 2. The average molecular weight is 303 g/mol. The highest BCUT2D eigenvalue weighted by Gasteiger charge is 2.15. The molecule has 0 unspecified atom stereocenters. The fourth-order valence-electron chi connectivity index (χ4n) is 1.85. The Hall–Kier alpha value is -2.21. The van der Waals surface area contributed by atoms with Gasteiger partial charge in [-0.3, -0.25) is 0 Å². The van der Waals surface area contributed by atoms with Crippen molar-refractivity contribution in [3.8, 4) is 11.6 Å². The highest BCUT2D eigenvalue weighted by atomic mass is 32.1. The third-order valence-electron chi connectivity index (χ3n) is 3.20. The zero-order chi connectivity index (χ0) is 15.4.